The van der Waals surface area contributed by atoms with E-state index in [1.165, 1.54) is 0 Å². The van der Waals surface area contributed by atoms with Gasteiger partial charge in [0.1, 0.15) is 0 Å². The molecule has 9 heteroatoms. The zero-order chi connectivity index (χ0) is 22.0. The molecule has 1 aliphatic rings. The monoisotopic (exact) mass is 530 g/mol. The van der Waals surface area contributed by atoms with Crippen molar-refractivity contribution in [1.82, 2.24) is 5.32 Å². The van der Waals surface area contributed by atoms with Crippen LogP contribution in [0.4, 0.5) is 20.2 Å². The predicted octanol–water partition coefficient (Wildman–Crippen LogP) is 4.35. The second-order valence-corrected chi connectivity index (χ2v) is 8.59. The van der Waals surface area contributed by atoms with E-state index in [0.717, 1.165) is 15.2 Å². The number of aliphatic hydroxyl groups is 1. The zero-order valence-corrected chi connectivity index (χ0v) is 18.3. The molecule has 0 saturated heterocycles. The van der Waals surface area contributed by atoms with Crippen LogP contribution in [0.5, 0.6) is 0 Å². The summed E-state index contributed by atoms with van der Waals surface area (Å²) in [5, 5.41) is 24.3. The van der Waals surface area contributed by atoms with Crippen molar-refractivity contribution in [3.8, 4) is 0 Å². The lowest BCUT2D eigenvalue weighted by Gasteiger charge is -2.26. The van der Waals surface area contributed by atoms with Gasteiger partial charge < -0.3 is 20.8 Å². The van der Waals surface area contributed by atoms with E-state index in [0.29, 0.717) is 31.4 Å². The summed E-state index contributed by atoms with van der Waals surface area (Å²) in [5.74, 6) is -5.22. The first-order valence-electron chi connectivity index (χ1n) is 9.44. The molecule has 2 aromatic rings. The number of aryl methyl sites for hydroxylation is 1. The summed E-state index contributed by atoms with van der Waals surface area (Å²) in [6.45, 7) is 1.75. The number of carbonyl (C=O) groups is 2. The van der Waals surface area contributed by atoms with E-state index < -0.39 is 46.4 Å². The van der Waals surface area contributed by atoms with Crippen molar-refractivity contribution < 1.29 is 28.6 Å². The number of nitrogens with one attached hydrogen (secondary N) is 2. The van der Waals surface area contributed by atoms with Gasteiger partial charge in [-0.1, -0.05) is 0 Å². The summed E-state index contributed by atoms with van der Waals surface area (Å²) >= 11 is 2.10. The van der Waals surface area contributed by atoms with E-state index in [1.54, 1.807) is 25.1 Å². The molecule has 0 spiro atoms. The van der Waals surface area contributed by atoms with Gasteiger partial charge in [0.15, 0.2) is 11.6 Å². The minimum atomic E-state index is -1.49. The Morgan fingerprint density at radius 1 is 1.07 bits per heavy atom. The molecule has 2 aromatic carbocycles. The van der Waals surface area contributed by atoms with Crippen LogP contribution >= 0.6 is 22.6 Å². The fraction of sp³-hybridized carbons (Fsp3) is 0.333. The third-order valence-electron chi connectivity index (χ3n) is 5.16. The van der Waals surface area contributed by atoms with Crippen LogP contribution < -0.4 is 10.6 Å². The molecule has 0 heterocycles. The number of aromatic carboxylic acids is 1. The zero-order valence-electron chi connectivity index (χ0n) is 16.1. The van der Waals surface area contributed by atoms with Crippen molar-refractivity contribution in [3.05, 3.63) is 56.2 Å². The molecule has 1 fully saturated rings. The van der Waals surface area contributed by atoms with Crippen LogP contribution in [-0.2, 0) is 0 Å². The van der Waals surface area contributed by atoms with Crippen LogP contribution in [0.25, 0.3) is 0 Å². The van der Waals surface area contributed by atoms with Gasteiger partial charge in [0.2, 0.25) is 0 Å². The molecule has 1 saturated carbocycles. The molecule has 30 heavy (non-hydrogen) atoms. The number of rotatable bonds is 5. The lowest BCUT2D eigenvalue weighted by molar-refractivity contribution is 0.0697. The molecule has 0 aliphatic heterocycles. The molecule has 4 N–H and O–H groups in total. The Morgan fingerprint density at radius 3 is 2.33 bits per heavy atom. The number of anilines is 2. The second kappa shape index (κ2) is 9.25. The maximum absolute atomic E-state index is 14.9. The van der Waals surface area contributed by atoms with Crippen molar-refractivity contribution in [2.75, 3.05) is 5.32 Å². The maximum atomic E-state index is 14.9. The smallest absolute Gasteiger partial charge is 0.337 e. The van der Waals surface area contributed by atoms with Crippen molar-refractivity contribution in [2.45, 2.75) is 44.8 Å². The summed E-state index contributed by atoms with van der Waals surface area (Å²) in [6.07, 6.45) is 1.59. The quantitative estimate of drug-likeness (QED) is 0.431. The Morgan fingerprint density at radius 2 is 1.73 bits per heavy atom. The van der Waals surface area contributed by atoms with Gasteiger partial charge in [-0.15, -0.1) is 0 Å². The number of benzene rings is 2. The molecule has 0 bridgehead atoms. The first-order valence-corrected chi connectivity index (χ1v) is 10.5. The molecule has 0 radical (unpaired) electrons. The third kappa shape index (κ3) is 4.89. The number of hydrogen-bond acceptors (Lipinski definition) is 4. The minimum Gasteiger partial charge on any atom is -0.478 e. The molecular formula is C21H21F2IN2O4. The molecule has 1 amide bonds. The first kappa shape index (κ1) is 22.4. The molecule has 0 atom stereocenters. The Kier molecular flexibility index (Phi) is 6.91. The van der Waals surface area contributed by atoms with Crippen LogP contribution in [-0.4, -0.2) is 34.2 Å². The van der Waals surface area contributed by atoms with Crippen LogP contribution in [0, 0.1) is 22.1 Å². The summed E-state index contributed by atoms with van der Waals surface area (Å²) in [7, 11) is 0. The van der Waals surface area contributed by atoms with Gasteiger partial charge >= 0.3 is 5.97 Å². The van der Waals surface area contributed by atoms with Crippen molar-refractivity contribution in [3.63, 3.8) is 0 Å². The van der Waals surface area contributed by atoms with E-state index in [2.05, 4.69) is 33.2 Å². The highest BCUT2D eigenvalue weighted by atomic mass is 127. The molecule has 3 rings (SSSR count). The summed E-state index contributed by atoms with van der Waals surface area (Å²) in [4.78, 5) is 24.2. The Hall–Kier alpha value is -2.27. The number of carbonyl (C=O) groups excluding carboxylic acids is 1. The number of hydrogen-bond donors (Lipinski definition) is 4. The Labute approximate surface area is 185 Å². The molecule has 1 aliphatic carbocycles. The van der Waals surface area contributed by atoms with Gasteiger partial charge in [-0.2, -0.15) is 0 Å². The van der Waals surface area contributed by atoms with Gasteiger partial charge in [-0.05, 0) is 85.0 Å². The summed E-state index contributed by atoms with van der Waals surface area (Å²) < 4.78 is 30.5. The molecule has 0 aromatic heterocycles. The van der Waals surface area contributed by atoms with E-state index in [-0.39, 0.29) is 6.04 Å². The van der Waals surface area contributed by atoms with E-state index in [9.17, 15) is 28.6 Å². The SMILES string of the molecule is Cc1cc(I)ccc1Nc1c(C(=O)O)cc(C(=O)NC2CCC(O)CC2)c(F)c1F. The van der Waals surface area contributed by atoms with Crippen LogP contribution in [0.1, 0.15) is 52.0 Å². The Bertz CT molecular complexity index is 991. The van der Waals surface area contributed by atoms with Crippen LogP contribution in [0.15, 0.2) is 24.3 Å². The molecule has 0 unspecified atom stereocenters. The highest BCUT2D eigenvalue weighted by Gasteiger charge is 2.28. The van der Waals surface area contributed by atoms with Crippen molar-refractivity contribution in [2.24, 2.45) is 0 Å². The Balaban J connectivity index is 1.93. The van der Waals surface area contributed by atoms with E-state index in [1.807, 2.05) is 0 Å². The van der Waals surface area contributed by atoms with Crippen molar-refractivity contribution in [1.29, 1.82) is 0 Å². The highest BCUT2D eigenvalue weighted by Crippen LogP contribution is 2.31. The predicted molar refractivity (Wildman–Crippen MR) is 116 cm³/mol. The highest BCUT2D eigenvalue weighted by molar-refractivity contribution is 14.1. The van der Waals surface area contributed by atoms with Gasteiger partial charge in [-0.3, -0.25) is 4.79 Å². The minimum absolute atomic E-state index is 0.288. The molecule has 160 valence electrons. The van der Waals surface area contributed by atoms with Crippen molar-refractivity contribution >= 4 is 45.8 Å². The molecule has 6 nitrogen and oxygen atoms in total. The lowest BCUT2D eigenvalue weighted by atomic mass is 9.93. The van der Waals surface area contributed by atoms with Crippen LogP contribution in [0.2, 0.25) is 0 Å². The fourth-order valence-electron chi connectivity index (χ4n) is 3.47. The lowest BCUT2D eigenvalue weighted by Crippen LogP contribution is -2.39. The standard InChI is InChI=1S/C21H21F2IN2O4/c1-10-8-11(24)2-7-16(10)26-19-15(21(29)30)9-14(17(22)18(19)23)20(28)25-12-3-5-13(27)6-4-12/h2,7-9,12-13,26-27H,3-6H2,1H3,(H,25,28)(H,29,30). The number of amides is 1. The topological polar surface area (TPSA) is 98.7 Å². The van der Waals surface area contributed by atoms with Gasteiger partial charge in [0.05, 0.1) is 22.9 Å². The average molecular weight is 530 g/mol. The van der Waals surface area contributed by atoms with Crippen LogP contribution in [0.3, 0.4) is 0 Å². The summed E-state index contributed by atoms with van der Waals surface area (Å²) in [6, 6.07) is 5.74. The number of carboxylic acids is 1. The van der Waals surface area contributed by atoms with Gasteiger partial charge in [0, 0.05) is 15.3 Å². The third-order valence-corrected chi connectivity index (χ3v) is 5.83. The van der Waals surface area contributed by atoms with E-state index >= 15 is 0 Å². The van der Waals surface area contributed by atoms with E-state index in [4.69, 9.17) is 0 Å². The summed E-state index contributed by atoms with van der Waals surface area (Å²) in [5.41, 5.74) is -0.604. The maximum Gasteiger partial charge on any atom is 0.337 e. The van der Waals surface area contributed by atoms with Gasteiger partial charge in [-0.25, -0.2) is 13.6 Å². The largest absolute Gasteiger partial charge is 0.478 e. The fourth-order valence-corrected chi connectivity index (χ4v) is 4.11. The number of aliphatic hydroxyl groups excluding tert-OH is 1. The van der Waals surface area contributed by atoms with Gasteiger partial charge in [0.25, 0.3) is 5.91 Å². The first-order chi connectivity index (χ1) is 14.2. The normalized spacial score (nSPS) is 18.7. The number of halogens is 3. The second-order valence-electron chi connectivity index (χ2n) is 7.34. The number of carboxylic acid groups (broad SMARTS) is 1. The molecular weight excluding hydrogens is 509 g/mol. The average Bonchev–Trinajstić information content (AvgIpc) is 2.68.